The van der Waals surface area contributed by atoms with Crippen molar-refractivity contribution in [2.75, 3.05) is 19.0 Å². The molecule has 6 nitrogen and oxygen atoms in total. The van der Waals surface area contributed by atoms with E-state index in [1.165, 1.54) is 18.4 Å². The summed E-state index contributed by atoms with van der Waals surface area (Å²) in [6.45, 7) is 1.89. The lowest BCUT2D eigenvalue weighted by Crippen LogP contribution is -2.33. The third-order valence-corrected chi connectivity index (χ3v) is 2.23. The molecule has 0 fully saturated rings. The molecule has 0 spiro atoms. The fraction of sp³-hybridized carbons (Fsp3) is 0.571. The average Bonchev–Trinajstić information content (AvgIpc) is 2.50. The first-order chi connectivity index (χ1) is 6.63. The van der Waals surface area contributed by atoms with Gasteiger partial charge in [0.05, 0.1) is 6.61 Å². The van der Waals surface area contributed by atoms with Crippen molar-refractivity contribution in [3.05, 3.63) is 5.01 Å². The van der Waals surface area contributed by atoms with Crippen LogP contribution in [0.2, 0.25) is 0 Å². The van der Waals surface area contributed by atoms with Gasteiger partial charge in [-0.2, -0.15) is 0 Å². The normalized spacial score (nSPS) is 12.4. The Morgan fingerprint density at radius 1 is 1.71 bits per heavy atom. The summed E-state index contributed by atoms with van der Waals surface area (Å²) in [5.41, 5.74) is 0. The predicted octanol–water partition coefficient (Wildman–Crippen LogP) is 0.358. The zero-order valence-electron chi connectivity index (χ0n) is 7.85. The fourth-order valence-electron chi connectivity index (χ4n) is 0.845. The van der Waals surface area contributed by atoms with Crippen LogP contribution in [-0.4, -0.2) is 41.0 Å². The molecule has 0 aliphatic rings. The molecule has 1 rings (SSSR count). The van der Waals surface area contributed by atoms with Crippen LogP contribution in [0.5, 0.6) is 0 Å². The van der Waals surface area contributed by atoms with E-state index in [2.05, 4.69) is 15.5 Å². The van der Waals surface area contributed by atoms with E-state index in [0.29, 0.717) is 5.13 Å². The highest BCUT2D eigenvalue weighted by Crippen LogP contribution is 2.14. The van der Waals surface area contributed by atoms with Gasteiger partial charge in [0.1, 0.15) is 11.0 Å². The molecule has 0 saturated carbocycles. The van der Waals surface area contributed by atoms with Gasteiger partial charge in [-0.25, -0.2) is 4.79 Å². The van der Waals surface area contributed by atoms with E-state index in [1.54, 1.807) is 6.92 Å². The van der Waals surface area contributed by atoms with Crippen LogP contribution < -0.4 is 5.32 Å². The van der Waals surface area contributed by atoms with Gasteiger partial charge in [-0.05, 0) is 6.92 Å². The Labute approximate surface area is 84.9 Å². The molecule has 0 bridgehead atoms. The van der Waals surface area contributed by atoms with E-state index in [9.17, 15) is 4.79 Å². The molecule has 0 radical (unpaired) electrons. The Hall–Kier alpha value is -1.21. The first-order valence-electron chi connectivity index (χ1n) is 3.92. The molecule has 2 N–H and O–H groups in total. The number of ether oxygens (including phenoxy) is 1. The van der Waals surface area contributed by atoms with Crippen molar-refractivity contribution in [1.29, 1.82) is 0 Å². The van der Waals surface area contributed by atoms with Crippen LogP contribution >= 0.6 is 11.3 Å². The molecule has 0 aromatic carbocycles. The van der Waals surface area contributed by atoms with E-state index >= 15 is 0 Å². The molecule has 0 aliphatic carbocycles. The quantitative estimate of drug-likeness (QED) is 0.740. The van der Waals surface area contributed by atoms with E-state index in [1.807, 2.05) is 0 Å². The number of aromatic nitrogens is 2. The van der Waals surface area contributed by atoms with E-state index in [0.717, 1.165) is 5.01 Å². The van der Waals surface area contributed by atoms with E-state index in [-0.39, 0.29) is 6.61 Å². The lowest BCUT2D eigenvalue weighted by Gasteiger charge is -2.11. The maximum absolute atomic E-state index is 10.7. The molecule has 0 saturated heterocycles. The molecular weight excluding hydrogens is 206 g/mol. The van der Waals surface area contributed by atoms with Crippen LogP contribution in [0.25, 0.3) is 0 Å². The van der Waals surface area contributed by atoms with Crippen LogP contribution in [0.15, 0.2) is 0 Å². The third kappa shape index (κ3) is 2.93. The number of anilines is 1. The Kier molecular flexibility index (Phi) is 3.78. The minimum absolute atomic E-state index is 0.0912. The van der Waals surface area contributed by atoms with Crippen molar-refractivity contribution in [3.8, 4) is 0 Å². The third-order valence-electron chi connectivity index (χ3n) is 1.46. The molecule has 1 unspecified atom stereocenters. The van der Waals surface area contributed by atoms with Gasteiger partial charge in [-0.15, -0.1) is 10.2 Å². The smallest absolute Gasteiger partial charge is 0.328 e. The molecule has 14 heavy (non-hydrogen) atoms. The van der Waals surface area contributed by atoms with Crippen molar-refractivity contribution in [2.45, 2.75) is 13.0 Å². The predicted molar refractivity (Wildman–Crippen MR) is 51.6 cm³/mol. The summed E-state index contributed by atoms with van der Waals surface area (Å²) >= 11 is 1.31. The van der Waals surface area contributed by atoms with Crippen molar-refractivity contribution in [2.24, 2.45) is 0 Å². The number of aliphatic carboxylic acids is 1. The average molecular weight is 217 g/mol. The van der Waals surface area contributed by atoms with Gasteiger partial charge >= 0.3 is 5.97 Å². The molecule has 1 aromatic heterocycles. The van der Waals surface area contributed by atoms with Crippen molar-refractivity contribution in [3.63, 3.8) is 0 Å². The Bertz CT molecular complexity index is 315. The van der Waals surface area contributed by atoms with E-state index < -0.39 is 12.0 Å². The Morgan fingerprint density at radius 2 is 2.43 bits per heavy atom. The van der Waals surface area contributed by atoms with Gasteiger partial charge < -0.3 is 15.2 Å². The maximum atomic E-state index is 10.7. The first kappa shape index (κ1) is 10.9. The minimum atomic E-state index is -0.972. The zero-order chi connectivity index (χ0) is 10.6. The van der Waals surface area contributed by atoms with Gasteiger partial charge in [-0.1, -0.05) is 11.3 Å². The molecule has 0 aliphatic heterocycles. The number of hydrogen-bond donors (Lipinski definition) is 2. The van der Waals surface area contributed by atoms with Crippen LogP contribution in [0.3, 0.4) is 0 Å². The molecule has 0 amide bonds. The second-order valence-electron chi connectivity index (χ2n) is 2.62. The monoisotopic (exact) mass is 217 g/mol. The highest BCUT2D eigenvalue weighted by molar-refractivity contribution is 7.15. The zero-order valence-corrected chi connectivity index (χ0v) is 8.67. The van der Waals surface area contributed by atoms with Crippen molar-refractivity contribution < 1.29 is 14.6 Å². The molecule has 7 heteroatoms. The first-order valence-corrected chi connectivity index (χ1v) is 4.73. The maximum Gasteiger partial charge on any atom is 0.328 e. The topological polar surface area (TPSA) is 84.3 Å². The number of methoxy groups -OCH3 is 1. The Morgan fingerprint density at radius 3 is 2.86 bits per heavy atom. The minimum Gasteiger partial charge on any atom is -0.480 e. The van der Waals surface area contributed by atoms with Gasteiger partial charge in [0.2, 0.25) is 5.13 Å². The largest absolute Gasteiger partial charge is 0.480 e. The number of aryl methyl sites for hydroxylation is 1. The molecule has 1 aromatic rings. The summed E-state index contributed by atoms with van der Waals surface area (Å²) in [5, 5.41) is 20.3. The highest BCUT2D eigenvalue weighted by Gasteiger charge is 2.18. The number of carbonyl (C=O) groups is 1. The number of rotatable bonds is 5. The standard InChI is InChI=1S/C7H11N3O3S/c1-4-9-10-7(14-4)8-5(3-13-2)6(11)12/h5H,3H2,1-2H3,(H,8,10)(H,11,12). The Balaban J connectivity index is 2.59. The van der Waals surface area contributed by atoms with Gasteiger partial charge in [0.25, 0.3) is 0 Å². The van der Waals surface area contributed by atoms with Gasteiger partial charge in [0, 0.05) is 7.11 Å². The summed E-state index contributed by atoms with van der Waals surface area (Å²) in [5.74, 6) is -0.972. The van der Waals surface area contributed by atoms with E-state index in [4.69, 9.17) is 9.84 Å². The van der Waals surface area contributed by atoms with Crippen LogP contribution in [-0.2, 0) is 9.53 Å². The number of nitrogens with one attached hydrogen (secondary N) is 1. The van der Waals surface area contributed by atoms with Crippen LogP contribution in [0, 0.1) is 6.92 Å². The number of hydrogen-bond acceptors (Lipinski definition) is 6. The van der Waals surface area contributed by atoms with Gasteiger partial charge in [0.15, 0.2) is 0 Å². The molecule has 78 valence electrons. The lowest BCUT2D eigenvalue weighted by atomic mass is 10.3. The highest BCUT2D eigenvalue weighted by atomic mass is 32.1. The number of carboxylic acids is 1. The summed E-state index contributed by atoms with van der Waals surface area (Å²) in [4.78, 5) is 10.7. The lowest BCUT2D eigenvalue weighted by molar-refractivity contribution is -0.139. The van der Waals surface area contributed by atoms with Crippen molar-refractivity contribution >= 4 is 22.4 Å². The fourth-order valence-corrected chi connectivity index (χ4v) is 1.49. The second kappa shape index (κ2) is 4.87. The number of nitrogens with zero attached hydrogens (tertiary/aromatic N) is 2. The summed E-state index contributed by atoms with van der Waals surface area (Å²) in [6, 6.07) is -0.785. The second-order valence-corrected chi connectivity index (χ2v) is 3.80. The summed E-state index contributed by atoms with van der Waals surface area (Å²) in [7, 11) is 1.45. The SMILES string of the molecule is COCC(Nc1nnc(C)s1)C(=O)O. The molecule has 1 heterocycles. The molecular formula is C7H11N3O3S. The van der Waals surface area contributed by atoms with Crippen LogP contribution in [0.1, 0.15) is 5.01 Å². The van der Waals surface area contributed by atoms with Gasteiger partial charge in [-0.3, -0.25) is 0 Å². The summed E-state index contributed by atoms with van der Waals surface area (Å²) < 4.78 is 4.76. The molecule has 1 atom stereocenters. The van der Waals surface area contributed by atoms with Crippen molar-refractivity contribution in [1.82, 2.24) is 10.2 Å². The summed E-state index contributed by atoms with van der Waals surface area (Å²) in [6.07, 6.45) is 0. The number of carboxylic acid groups (broad SMARTS) is 1. The van der Waals surface area contributed by atoms with Crippen LogP contribution in [0.4, 0.5) is 5.13 Å².